The highest BCUT2D eigenvalue weighted by Gasteiger charge is 2.17. The average Bonchev–Trinajstić information content (AvgIpc) is 3.32. The lowest BCUT2D eigenvalue weighted by atomic mass is 10.1. The molecule has 0 fully saturated rings. The molecule has 0 bridgehead atoms. The summed E-state index contributed by atoms with van der Waals surface area (Å²) in [5.74, 6) is -0.126. The first-order chi connectivity index (χ1) is 15.0. The molecule has 3 aromatic heterocycles. The average molecular weight is 439 g/mol. The molecule has 1 aromatic carbocycles. The lowest BCUT2D eigenvalue weighted by molar-refractivity contribution is 0.0697. The van der Waals surface area contributed by atoms with E-state index in [1.807, 2.05) is 33.5 Å². The van der Waals surface area contributed by atoms with Crippen LogP contribution in [0.25, 0.3) is 16.9 Å². The number of imidazole rings is 2. The quantitative estimate of drug-likeness (QED) is 0.424. The van der Waals surface area contributed by atoms with Crippen LogP contribution in [0.15, 0.2) is 48.8 Å². The first-order valence-corrected chi connectivity index (χ1v) is 10.5. The molecule has 8 heteroatoms. The van der Waals surface area contributed by atoms with Gasteiger partial charge in [0.25, 0.3) is 0 Å². The topological polar surface area (TPSA) is 92.7 Å². The van der Waals surface area contributed by atoms with Crippen LogP contribution in [0.4, 0.5) is 0 Å². The molecule has 0 spiro atoms. The predicted molar refractivity (Wildman–Crippen MR) is 118 cm³/mol. The van der Waals surface area contributed by atoms with Gasteiger partial charge in [0.1, 0.15) is 11.5 Å². The van der Waals surface area contributed by atoms with E-state index in [2.05, 4.69) is 16.9 Å². The van der Waals surface area contributed by atoms with Gasteiger partial charge in [-0.2, -0.15) is 0 Å². The molecule has 0 atom stereocenters. The Morgan fingerprint density at radius 2 is 1.94 bits per heavy atom. The molecule has 0 saturated heterocycles. The molecule has 0 unspecified atom stereocenters. The third kappa shape index (κ3) is 4.19. The Balaban J connectivity index is 1.70. The van der Waals surface area contributed by atoms with E-state index < -0.39 is 5.97 Å². The summed E-state index contributed by atoms with van der Waals surface area (Å²) >= 11 is 6.25. The Kier molecular flexibility index (Phi) is 6.06. The summed E-state index contributed by atoms with van der Waals surface area (Å²) in [6, 6.07) is 10.7. The van der Waals surface area contributed by atoms with Crippen LogP contribution < -0.4 is 0 Å². The number of pyridine rings is 1. The number of aromatic nitrogens is 4. The number of carboxylic acids is 1. The molecule has 0 saturated carbocycles. The monoisotopic (exact) mass is 438 g/mol. The molecule has 7 nitrogen and oxygen atoms in total. The molecule has 0 radical (unpaired) electrons. The summed E-state index contributed by atoms with van der Waals surface area (Å²) in [4.78, 5) is 20.6. The number of nitrogens with zero attached hydrogens (tertiary/aromatic N) is 4. The third-order valence-corrected chi connectivity index (χ3v) is 5.60. The summed E-state index contributed by atoms with van der Waals surface area (Å²) in [6.07, 6.45) is 6.60. The number of halogens is 1. The van der Waals surface area contributed by atoms with E-state index in [4.69, 9.17) is 11.6 Å². The Morgan fingerprint density at radius 1 is 1.13 bits per heavy atom. The fourth-order valence-electron chi connectivity index (χ4n) is 3.71. The van der Waals surface area contributed by atoms with Gasteiger partial charge in [-0.25, -0.2) is 14.8 Å². The number of aliphatic hydroxyl groups is 1. The zero-order valence-corrected chi connectivity index (χ0v) is 17.9. The maximum atomic E-state index is 11.6. The van der Waals surface area contributed by atoms with Gasteiger partial charge in [-0.15, -0.1) is 0 Å². The molecule has 0 aliphatic rings. The van der Waals surface area contributed by atoms with Gasteiger partial charge in [0, 0.05) is 24.4 Å². The van der Waals surface area contributed by atoms with Crippen molar-refractivity contribution in [2.45, 2.75) is 39.3 Å². The Hall–Kier alpha value is -3.16. The number of carbonyl (C=O) groups is 1. The number of hydrogen-bond acceptors (Lipinski definition) is 4. The molecular weight excluding hydrogens is 416 g/mol. The largest absolute Gasteiger partial charge is 0.478 e. The zero-order valence-electron chi connectivity index (χ0n) is 17.1. The number of benzene rings is 1. The minimum atomic E-state index is -0.985. The number of aryl methyl sites for hydroxylation is 1. The highest BCUT2D eigenvalue weighted by atomic mass is 35.5. The van der Waals surface area contributed by atoms with Crippen LogP contribution in [0, 0.1) is 0 Å². The minimum Gasteiger partial charge on any atom is -0.478 e. The van der Waals surface area contributed by atoms with Crippen LogP contribution in [-0.2, 0) is 19.6 Å². The SMILES string of the molecule is CCCCc1nc(Cl)c(CO)n1Cc1ccc2nc(-c3ccccc3C(=O)O)cn2c1. The smallest absolute Gasteiger partial charge is 0.336 e. The number of unbranched alkanes of at least 4 members (excludes halogenated alkanes) is 1. The first-order valence-electron chi connectivity index (χ1n) is 10.2. The van der Waals surface area contributed by atoms with Crippen molar-refractivity contribution in [2.24, 2.45) is 0 Å². The van der Waals surface area contributed by atoms with Gasteiger partial charge in [0.15, 0.2) is 5.15 Å². The van der Waals surface area contributed by atoms with Crippen LogP contribution in [0.3, 0.4) is 0 Å². The third-order valence-electron chi connectivity index (χ3n) is 5.29. The molecule has 31 heavy (non-hydrogen) atoms. The Bertz CT molecular complexity index is 1250. The van der Waals surface area contributed by atoms with E-state index in [-0.39, 0.29) is 12.2 Å². The molecule has 0 amide bonds. The van der Waals surface area contributed by atoms with Crippen LogP contribution in [0.1, 0.15) is 47.2 Å². The Labute approximate surface area is 184 Å². The number of hydrogen-bond donors (Lipinski definition) is 2. The van der Waals surface area contributed by atoms with Crippen LogP contribution >= 0.6 is 11.6 Å². The number of carboxylic acid groups (broad SMARTS) is 1. The van der Waals surface area contributed by atoms with Crippen molar-refractivity contribution in [1.82, 2.24) is 18.9 Å². The number of fused-ring (bicyclic) bond motifs is 1. The van der Waals surface area contributed by atoms with Gasteiger partial charge in [-0.05, 0) is 24.1 Å². The van der Waals surface area contributed by atoms with Crippen LogP contribution in [0.5, 0.6) is 0 Å². The highest BCUT2D eigenvalue weighted by molar-refractivity contribution is 6.30. The maximum Gasteiger partial charge on any atom is 0.336 e. The van der Waals surface area contributed by atoms with Crippen molar-refractivity contribution >= 4 is 23.2 Å². The second kappa shape index (κ2) is 8.91. The van der Waals surface area contributed by atoms with Gasteiger partial charge < -0.3 is 19.2 Å². The summed E-state index contributed by atoms with van der Waals surface area (Å²) in [7, 11) is 0. The van der Waals surface area contributed by atoms with E-state index in [1.54, 1.807) is 24.3 Å². The normalized spacial score (nSPS) is 11.3. The predicted octanol–water partition coefficient (Wildman–Crippen LogP) is 4.43. The summed E-state index contributed by atoms with van der Waals surface area (Å²) < 4.78 is 3.85. The molecule has 3 heterocycles. The molecular formula is C23H23ClN4O3. The fraction of sp³-hybridized carbons (Fsp3) is 0.261. The van der Waals surface area contributed by atoms with Gasteiger partial charge in [-0.3, -0.25) is 0 Å². The lowest BCUT2D eigenvalue weighted by Crippen LogP contribution is -2.09. The minimum absolute atomic E-state index is 0.179. The van der Waals surface area contributed by atoms with Crippen LogP contribution in [-0.4, -0.2) is 35.1 Å². The molecule has 160 valence electrons. The second-order valence-electron chi connectivity index (χ2n) is 7.39. The van der Waals surface area contributed by atoms with Crippen molar-refractivity contribution in [3.05, 3.63) is 76.6 Å². The van der Waals surface area contributed by atoms with Crippen molar-refractivity contribution in [3.63, 3.8) is 0 Å². The van der Waals surface area contributed by atoms with E-state index in [0.29, 0.717) is 28.6 Å². The van der Waals surface area contributed by atoms with E-state index in [1.165, 1.54) is 0 Å². The van der Waals surface area contributed by atoms with Crippen molar-refractivity contribution in [1.29, 1.82) is 0 Å². The standard InChI is InChI=1S/C23H23ClN4O3/c1-2-3-8-21-26-22(24)19(14-29)28(21)12-15-9-10-20-25-18(13-27(20)11-15)16-6-4-5-7-17(16)23(30)31/h4-7,9-11,13,29H,2-3,8,12,14H2,1H3,(H,30,31). The molecule has 2 N–H and O–H groups in total. The summed E-state index contributed by atoms with van der Waals surface area (Å²) in [5, 5.41) is 19.6. The number of aliphatic hydroxyl groups excluding tert-OH is 1. The van der Waals surface area contributed by atoms with E-state index >= 15 is 0 Å². The van der Waals surface area contributed by atoms with Crippen molar-refractivity contribution in [2.75, 3.05) is 0 Å². The summed E-state index contributed by atoms with van der Waals surface area (Å²) in [6.45, 7) is 2.46. The zero-order chi connectivity index (χ0) is 22.0. The highest BCUT2D eigenvalue weighted by Crippen LogP contribution is 2.25. The summed E-state index contributed by atoms with van der Waals surface area (Å²) in [5.41, 5.74) is 3.70. The van der Waals surface area contributed by atoms with Crippen LogP contribution in [0.2, 0.25) is 5.15 Å². The van der Waals surface area contributed by atoms with Crippen molar-refractivity contribution < 1.29 is 15.0 Å². The van der Waals surface area contributed by atoms with Gasteiger partial charge in [0.05, 0.1) is 30.1 Å². The molecule has 0 aliphatic heterocycles. The fourth-order valence-corrected chi connectivity index (χ4v) is 3.96. The van der Waals surface area contributed by atoms with E-state index in [0.717, 1.165) is 36.3 Å². The first kappa shape index (κ1) is 21.1. The van der Waals surface area contributed by atoms with Gasteiger partial charge in [-0.1, -0.05) is 49.2 Å². The molecule has 4 aromatic rings. The molecule has 4 rings (SSSR count). The van der Waals surface area contributed by atoms with E-state index in [9.17, 15) is 15.0 Å². The Morgan fingerprint density at radius 3 is 2.68 bits per heavy atom. The maximum absolute atomic E-state index is 11.6. The van der Waals surface area contributed by atoms with Gasteiger partial charge in [0.2, 0.25) is 0 Å². The number of aromatic carboxylic acids is 1. The number of rotatable bonds is 8. The lowest BCUT2D eigenvalue weighted by Gasteiger charge is -2.11. The second-order valence-corrected chi connectivity index (χ2v) is 7.75. The molecule has 0 aliphatic carbocycles. The van der Waals surface area contributed by atoms with Gasteiger partial charge >= 0.3 is 5.97 Å². The van der Waals surface area contributed by atoms with Crippen molar-refractivity contribution in [3.8, 4) is 11.3 Å².